The molecule has 2 heterocycles. The van der Waals surface area contributed by atoms with Crippen molar-refractivity contribution in [3.63, 3.8) is 0 Å². The summed E-state index contributed by atoms with van der Waals surface area (Å²) in [7, 11) is 1.99. The fourth-order valence-corrected chi connectivity index (χ4v) is 4.48. The summed E-state index contributed by atoms with van der Waals surface area (Å²) in [6.07, 6.45) is 2.24. The van der Waals surface area contributed by atoms with Crippen LogP contribution in [0.25, 0.3) is 0 Å². The van der Waals surface area contributed by atoms with E-state index in [0.29, 0.717) is 42.2 Å². The predicted octanol–water partition coefficient (Wildman–Crippen LogP) is 3.16. The normalized spacial score (nSPS) is 28.6. The average Bonchev–Trinajstić information content (AvgIpc) is 2.55. The SMILES string of the molecule is Cc1ccc(Cl)c(CN2CC[C@@]3(C(=O)O)CCCN(C)[C@@H]3C2)c1F. The van der Waals surface area contributed by atoms with Gasteiger partial charge in [-0.05, 0) is 58.0 Å². The lowest BCUT2D eigenvalue weighted by molar-refractivity contribution is -0.162. The molecule has 0 unspecified atom stereocenters. The zero-order valence-electron chi connectivity index (χ0n) is 14.2. The molecule has 0 bridgehead atoms. The molecule has 2 aliphatic heterocycles. The van der Waals surface area contributed by atoms with Crippen LogP contribution in [0.1, 0.15) is 30.4 Å². The second-order valence-corrected chi connectivity index (χ2v) is 7.61. The molecule has 2 saturated heterocycles. The molecule has 1 aromatic carbocycles. The van der Waals surface area contributed by atoms with Crippen LogP contribution in [-0.2, 0) is 11.3 Å². The number of aliphatic carboxylic acids is 1. The van der Waals surface area contributed by atoms with Crippen LogP contribution >= 0.6 is 11.6 Å². The molecule has 24 heavy (non-hydrogen) atoms. The monoisotopic (exact) mass is 354 g/mol. The van der Waals surface area contributed by atoms with Gasteiger partial charge in [0.2, 0.25) is 0 Å². The standard InChI is InChI=1S/C18H24ClFN2O2/c1-12-4-5-14(19)13(16(12)20)10-22-9-7-18(17(23)24)6-3-8-21(2)15(18)11-22/h4-5,15H,3,6-11H2,1-2H3,(H,23,24)/t15-,18+/m1/s1. The number of carboxylic acid groups (broad SMARTS) is 1. The molecule has 6 heteroatoms. The Bertz CT molecular complexity index is 654. The van der Waals surface area contributed by atoms with E-state index in [9.17, 15) is 14.3 Å². The minimum Gasteiger partial charge on any atom is -0.481 e. The molecule has 0 saturated carbocycles. The maximum Gasteiger partial charge on any atom is 0.311 e. The van der Waals surface area contributed by atoms with Crippen molar-refractivity contribution < 1.29 is 14.3 Å². The number of carbonyl (C=O) groups is 1. The molecule has 0 aromatic heterocycles. The number of rotatable bonds is 3. The Hall–Kier alpha value is -1.17. The second kappa shape index (κ2) is 6.62. The van der Waals surface area contributed by atoms with E-state index in [-0.39, 0.29) is 11.9 Å². The van der Waals surface area contributed by atoms with Crippen molar-refractivity contribution in [2.75, 3.05) is 26.7 Å². The van der Waals surface area contributed by atoms with Gasteiger partial charge in [-0.2, -0.15) is 0 Å². The topological polar surface area (TPSA) is 43.8 Å². The van der Waals surface area contributed by atoms with Crippen molar-refractivity contribution in [2.24, 2.45) is 5.41 Å². The fourth-order valence-electron chi connectivity index (χ4n) is 4.27. The Morgan fingerprint density at radius 2 is 2.17 bits per heavy atom. The third-order valence-corrected chi connectivity index (χ3v) is 6.15. The number of piperidine rings is 2. The maximum atomic E-state index is 14.4. The number of hydrogen-bond acceptors (Lipinski definition) is 3. The van der Waals surface area contributed by atoms with Gasteiger partial charge in [0.25, 0.3) is 0 Å². The molecule has 0 amide bonds. The number of benzene rings is 1. The molecule has 1 N–H and O–H groups in total. The van der Waals surface area contributed by atoms with E-state index >= 15 is 0 Å². The van der Waals surface area contributed by atoms with Gasteiger partial charge in [-0.3, -0.25) is 9.69 Å². The lowest BCUT2D eigenvalue weighted by Crippen LogP contribution is -2.62. The number of aryl methyl sites for hydroxylation is 1. The average molecular weight is 355 g/mol. The van der Waals surface area contributed by atoms with E-state index < -0.39 is 11.4 Å². The Morgan fingerprint density at radius 1 is 1.42 bits per heavy atom. The number of nitrogens with zero attached hydrogens (tertiary/aromatic N) is 2. The number of likely N-dealkylation sites (N-methyl/N-ethyl adjacent to an activating group) is 1. The van der Waals surface area contributed by atoms with Crippen molar-refractivity contribution in [1.29, 1.82) is 0 Å². The molecular weight excluding hydrogens is 331 g/mol. The Labute approximate surface area is 147 Å². The summed E-state index contributed by atoms with van der Waals surface area (Å²) in [4.78, 5) is 16.2. The first-order valence-electron chi connectivity index (χ1n) is 8.44. The number of hydrogen-bond donors (Lipinski definition) is 1. The summed E-state index contributed by atoms with van der Waals surface area (Å²) in [6.45, 7) is 4.35. The van der Waals surface area contributed by atoms with Gasteiger partial charge < -0.3 is 10.0 Å². The van der Waals surface area contributed by atoms with Crippen LogP contribution in [0, 0.1) is 18.2 Å². The van der Waals surface area contributed by atoms with Crippen molar-refractivity contribution in [3.05, 3.63) is 34.1 Å². The Kier molecular flexibility index (Phi) is 4.87. The molecular formula is C18H24ClFN2O2. The summed E-state index contributed by atoms with van der Waals surface area (Å²) in [5.41, 5.74) is 0.428. The first kappa shape index (κ1) is 17.6. The number of halogens is 2. The van der Waals surface area contributed by atoms with Crippen LogP contribution in [0.3, 0.4) is 0 Å². The highest BCUT2D eigenvalue weighted by Gasteiger charge is 2.52. The van der Waals surface area contributed by atoms with Crippen LogP contribution in [0.5, 0.6) is 0 Å². The minimum atomic E-state index is -0.696. The Morgan fingerprint density at radius 3 is 2.88 bits per heavy atom. The summed E-state index contributed by atoms with van der Waals surface area (Å²) < 4.78 is 14.4. The van der Waals surface area contributed by atoms with Gasteiger partial charge >= 0.3 is 5.97 Å². The highest BCUT2D eigenvalue weighted by atomic mass is 35.5. The predicted molar refractivity (Wildman–Crippen MR) is 91.8 cm³/mol. The molecule has 0 radical (unpaired) electrons. The van der Waals surface area contributed by atoms with Gasteiger partial charge in [0, 0.05) is 29.7 Å². The van der Waals surface area contributed by atoms with Crippen molar-refractivity contribution in [1.82, 2.24) is 9.80 Å². The highest BCUT2D eigenvalue weighted by Crippen LogP contribution is 2.42. The lowest BCUT2D eigenvalue weighted by Gasteiger charge is -2.51. The van der Waals surface area contributed by atoms with Gasteiger partial charge in [0.05, 0.1) is 5.41 Å². The van der Waals surface area contributed by atoms with Gasteiger partial charge in [-0.25, -0.2) is 4.39 Å². The van der Waals surface area contributed by atoms with Crippen LogP contribution in [0.15, 0.2) is 12.1 Å². The first-order chi connectivity index (χ1) is 11.3. The van der Waals surface area contributed by atoms with Crippen LogP contribution < -0.4 is 0 Å². The quantitative estimate of drug-likeness (QED) is 0.905. The van der Waals surface area contributed by atoms with Crippen LogP contribution in [0.4, 0.5) is 4.39 Å². The van der Waals surface area contributed by atoms with Gasteiger partial charge in [0.1, 0.15) is 5.82 Å². The molecule has 2 aliphatic rings. The van der Waals surface area contributed by atoms with E-state index in [0.717, 1.165) is 19.4 Å². The molecule has 2 atom stereocenters. The zero-order valence-corrected chi connectivity index (χ0v) is 14.9. The van der Waals surface area contributed by atoms with Crippen LogP contribution in [0.2, 0.25) is 5.02 Å². The zero-order chi connectivity index (χ0) is 17.5. The van der Waals surface area contributed by atoms with E-state index in [2.05, 4.69) is 9.80 Å². The van der Waals surface area contributed by atoms with Gasteiger partial charge in [0.15, 0.2) is 0 Å². The third kappa shape index (κ3) is 2.93. The number of fused-ring (bicyclic) bond motifs is 1. The molecule has 2 fully saturated rings. The summed E-state index contributed by atoms with van der Waals surface area (Å²) in [5, 5.41) is 10.3. The Balaban J connectivity index is 1.82. The smallest absolute Gasteiger partial charge is 0.311 e. The fraction of sp³-hybridized carbons (Fsp3) is 0.611. The van der Waals surface area contributed by atoms with Gasteiger partial charge in [-0.1, -0.05) is 17.7 Å². The molecule has 3 rings (SSSR count). The van der Waals surface area contributed by atoms with E-state index in [4.69, 9.17) is 11.6 Å². The largest absolute Gasteiger partial charge is 0.481 e. The molecule has 4 nitrogen and oxygen atoms in total. The summed E-state index contributed by atoms with van der Waals surface area (Å²) >= 11 is 6.19. The van der Waals surface area contributed by atoms with E-state index in [1.165, 1.54) is 0 Å². The lowest BCUT2D eigenvalue weighted by atomic mass is 9.68. The van der Waals surface area contributed by atoms with Gasteiger partial charge in [-0.15, -0.1) is 0 Å². The van der Waals surface area contributed by atoms with Crippen molar-refractivity contribution >= 4 is 17.6 Å². The van der Waals surface area contributed by atoms with E-state index in [1.807, 2.05) is 7.05 Å². The minimum absolute atomic E-state index is 0.0378. The summed E-state index contributed by atoms with van der Waals surface area (Å²) in [5.74, 6) is -0.951. The maximum absolute atomic E-state index is 14.4. The molecule has 0 spiro atoms. The second-order valence-electron chi connectivity index (χ2n) is 7.20. The first-order valence-corrected chi connectivity index (χ1v) is 8.82. The van der Waals surface area contributed by atoms with Crippen LogP contribution in [-0.4, -0.2) is 53.6 Å². The third-order valence-electron chi connectivity index (χ3n) is 5.80. The molecule has 132 valence electrons. The van der Waals surface area contributed by atoms with Crippen molar-refractivity contribution in [2.45, 2.75) is 38.8 Å². The number of likely N-dealkylation sites (tertiary alicyclic amines) is 2. The molecule has 1 aromatic rings. The number of carboxylic acids is 1. The van der Waals surface area contributed by atoms with E-state index in [1.54, 1.807) is 19.1 Å². The highest BCUT2D eigenvalue weighted by molar-refractivity contribution is 6.31. The van der Waals surface area contributed by atoms with Crippen molar-refractivity contribution in [3.8, 4) is 0 Å². The summed E-state index contributed by atoms with van der Waals surface area (Å²) in [6, 6.07) is 3.37. The molecule has 0 aliphatic carbocycles.